The highest BCUT2D eigenvalue weighted by molar-refractivity contribution is 5.82. The minimum Gasteiger partial charge on any atom is -0.384 e. The highest BCUT2D eigenvalue weighted by atomic mass is 16.2. The molecule has 0 radical (unpaired) electrons. The van der Waals surface area contributed by atoms with Crippen molar-refractivity contribution in [2.75, 3.05) is 25.0 Å². The van der Waals surface area contributed by atoms with E-state index in [4.69, 9.17) is 0 Å². The zero-order valence-corrected chi connectivity index (χ0v) is 13.1. The van der Waals surface area contributed by atoms with Crippen LogP contribution in [-0.2, 0) is 10.2 Å². The third-order valence-electron chi connectivity index (χ3n) is 5.54. The number of anilines is 1. The van der Waals surface area contributed by atoms with Gasteiger partial charge in [-0.05, 0) is 37.8 Å². The summed E-state index contributed by atoms with van der Waals surface area (Å²) in [5.41, 5.74) is 9.21. The van der Waals surface area contributed by atoms with Gasteiger partial charge in [0.15, 0.2) is 0 Å². The Balaban J connectivity index is 1.44. The van der Waals surface area contributed by atoms with Gasteiger partial charge in [-0.25, -0.2) is 5.43 Å². The second kappa shape index (κ2) is 5.25. The normalized spacial score (nSPS) is 29.4. The van der Waals surface area contributed by atoms with Crippen LogP contribution in [0.15, 0.2) is 24.3 Å². The molecule has 5 heteroatoms. The minimum absolute atomic E-state index is 0.0574. The average Bonchev–Trinajstić information content (AvgIpc) is 3.13. The number of carbonyl (C=O) groups excluding carboxylic acids is 1. The van der Waals surface area contributed by atoms with Crippen molar-refractivity contribution in [2.45, 2.75) is 43.7 Å². The van der Waals surface area contributed by atoms with Gasteiger partial charge in [-0.1, -0.05) is 18.2 Å². The molecule has 0 aliphatic carbocycles. The van der Waals surface area contributed by atoms with Crippen LogP contribution in [0.3, 0.4) is 0 Å². The second-order valence-corrected chi connectivity index (χ2v) is 6.98. The summed E-state index contributed by atoms with van der Waals surface area (Å²) in [5, 5.41) is 3.54. The first-order valence-electron chi connectivity index (χ1n) is 8.31. The molecule has 2 atom stereocenters. The van der Waals surface area contributed by atoms with Gasteiger partial charge in [0.1, 0.15) is 6.04 Å². The van der Waals surface area contributed by atoms with Crippen LogP contribution in [0, 0.1) is 0 Å². The van der Waals surface area contributed by atoms with E-state index in [2.05, 4.69) is 47.4 Å². The number of nitrogens with zero attached hydrogens (tertiary/aromatic N) is 1. The lowest BCUT2D eigenvalue weighted by atomic mass is 9.74. The fourth-order valence-corrected chi connectivity index (χ4v) is 4.16. The molecule has 3 aliphatic heterocycles. The molecule has 0 bridgehead atoms. The van der Waals surface area contributed by atoms with Crippen LogP contribution >= 0.6 is 0 Å². The summed E-state index contributed by atoms with van der Waals surface area (Å²) in [6.07, 6.45) is 2.99. The molecular formula is C17H24N4O. The van der Waals surface area contributed by atoms with Gasteiger partial charge < -0.3 is 10.2 Å². The minimum atomic E-state index is -0.0574. The van der Waals surface area contributed by atoms with Gasteiger partial charge in [-0.2, -0.15) is 0 Å². The number of para-hydroxylation sites is 1. The molecule has 118 valence electrons. The summed E-state index contributed by atoms with van der Waals surface area (Å²) in [4.78, 5) is 14.6. The number of hydrogen-bond donors (Lipinski definition) is 3. The van der Waals surface area contributed by atoms with Crippen LogP contribution in [0.1, 0.15) is 31.7 Å². The number of carbonyl (C=O) groups is 1. The fraction of sp³-hybridized carbons (Fsp3) is 0.588. The van der Waals surface area contributed by atoms with Crippen LogP contribution in [0.2, 0.25) is 0 Å². The van der Waals surface area contributed by atoms with Gasteiger partial charge in [-0.3, -0.25) is 10.2 Å². The zero-order valence-electron chi connectivity index (χ0n) is 13.1. The van der Waals surface area contributed by atoms with Crippen LogP contribution in [0.5, 0.6) is 0 Å². The number of rotatable bonds is 1. The van der Waals surface area contributed by atoms with Crippen LogP contribution in [0.25, 0.3) is 0 Å². The molecule has 2 unspecified atom stereocenters. The summed E-state index contributed by atoms with van der Waals surface area (Å²) in [6.45, 7) is 4.84. The number of fused-ring (bicyclic) bond motifs is 2. The third-order valence-corrected chi connectivity index (χ3v) is 5.54. The summed E-state index contributed by atoms with van der Waals surface area (Å²) >= 11 is 0. The zero-order chi connectivity index (χ0) is 15.2. The first-order chi connectivity index (χ1) is 10.7. The number of hydrazine groups is 1. The van der Waals surface area contributed by atoms with E-state index in [9.17, 15) is 4.79 Å². The van der Waals surface area contributed by atoms with Crippen molar-refractivity contribution in [3.63, 3.8) is 0 Å². The highest BCUT2D eigenvalue weighted by Gasteiger charge is 2.43. The number of likely N-dealkylation sites (tertiary alicyclic amines) is 1. The van der Waals surface area contributed by atoms with Crippen LogP contribution in [0.4, 0.5) is 5.69 Å². The lowest BCUT2D eigenvalue weighted by Gasteiger charge is -2.40. The molecule has 2 saturated heterocycles. The Labute approximate surface area is 131 Å². The van der Waals surface area contributed by atoms with E-state index in [0.717, 1.165) is 38.9 Å². The first-order valence-corrected chi connectivity index (χ1v) is 8.31. The van der Waals surface area contributed by atoms with E-state index in [0.29, 0.717) is 6.04 Å². The number of benzene rings is 1. The molecular weight excluding hydrogens is 276 g/mol. The molecule has 1 aromatic carbocycles. The Morgan fingerprint density at radius 1 is 1.23 bits per heavy atom. The summed E-state index contributed by atoms with van der Waals surface area (Å²) in [5.74, 6) is 0.256. The molecule has 0 saturated carbocycles. The van der Waals surface area contributed by atoms with Gasteiger partial charge >= 0.3 is 0 Å². The van der Waals surface area contributed by atoms with Gasteiger partial charge in [0.2, 0.25) is 5.91 Å². The molecule has 5 nitrogen and oxygen atoms in total. The molecule has 1 spiro atoms. The van der Waals surface area contributed by atoms with Crippen molar-refractivity contribution in [3.05, 3.63) is 29.8 Å². The van der Waals surface area contributed by atoms with Crippen molar-refractivity contribution in [1.29, 1.82) is 0 Å². The average molecular weight is 300 g/mol. The number of hydrogen-bond acceptors (Lipinski definition) is 4. The van der Waals surface area contributed by atoms with Crippen molar-refractivity contribution in [1.82, 2.24) is 15.8 Å². The predicted molar refractivity (Wildman–Crippen MR) is 86.6 cm³/mol. The Morgan fingerprint density at radius 2 is 2.00 bits per heavy atom. The smallest absolute Gasteiger partial charge is 0.241 e. The predicted octanol–water partition coefficient (Wildman–Crippen LogP) is 1.23. The second-order valence-electron chi connectivity index (χ2n) is 6.98. The van der Waals surface area contributed by atoms with Gasteiger partial charge in [0.25, 0.3) is 0 Å². The lowest BCUT2D eigenvalue weighted by molar-refractivity contribution is -0.134. The highest BCUT2D eigenvalue weighted by Crippen LogP contribution is 2.43. The van der Waals surface area contributed by atoms with Gasteiger partial charge in [0, 0.05) is 36.8 Å². The summed E-state index contributed by atoms with van der Waals surface area (Å²) in [7, 11) is 0. The maximum Gasteiger partial charge on any atom is 0.241 e. The standard InChI is InChI=1S/C17H24N4O/c1-12-10-15(20-19-12)16(22)21-8-6-17(7-9-21)11-18-14-5-3-2-4-13(14)17/h2-5,12,15,18-20H,6-11H2,1H3. The van der Waals surface area contributed by atoms with Crippen LogP contribution < -0.4 is 16.2 Å². The molecule has 4 rings (SSSR count). The molecule has 1 aromatic rings. The van der Waals surface area contributed by atoms with Crippen molar-refractivity contribution < 1.29 is 4.79 Å². The fourth-order valence-electron chi connectivity index (χ4n) is 4.16. The van der Waals surface area contributed by atoms with E-state index >= 15 is 0 Å². The number of nitrogens with one attached hydrogen (secondary N) is 3. The molecule has 22 heavy (non-hydrogen) atoms. The van der Waals surface area contributed by atoms with Gasteiger partial charge in [0.05, 0.1) is 0 Å². The largest absolute Gasteiger partial charge is 0.384 e. The molecule has 0 aromatic heterocycles. The van der Waals surface area contributed by atoms with E-state index in [1.807, 2.05) is 4.90 Å². The SMILES string of the molecule is CC1CC(C(=O)N2CCC3(CC2)CNc2ccccc23)NN1. The Hall–Kier alpha value is -1.59. The quantitative estimate of drug-likeness (QED) is 0.730. The lowest BCUT2D eigenvalue weighted by Crippen LogP contribution is -2.51. The summed E-state index contributed by atoms with van der Waals surface area (Å²) in [6, 6.07) is 8.94. The Kier molecular flexibility index (Phi) is 3.35. The molecule has 3 N–H and O–H groups in total. The topological polar surface area (TPSA) is 56.4 Å². The van der Waals surface area contributed by atoms with Crippen molar-refractivity contribution in [3.8, 4) is 0 Å². The number of piperidine rings is 1. The van der Waals surface area contributed by atoms with E-state index in [-0.39, 0.29) is 17.4 Å². The monoisotopic (exact) mass is 300 g/mol. The van der Waals surface area contributed by atoms with Gasteiger partial charge in [-0.15, -0.1) is 0 Å². The third kappa shape index (κ3) is 2.20. The van der Waals surface area contributed by atoms with E-state index in [1.54, 1.807) is 0 Å². The molecule has 3 heterocycles. The molecule has 1 amide bonds. The Morgan fingerprint density at radius 3 is 2.73 bits per heavy atom. The van der Waals surface area contributed by atoms with E-state index < -0.39 is 0 Å². The first kappa shape index (κ1) is 14.0. The van der Waals surface area contributed by atoms with Crippen LogP contribution in [-0.4, -0.2) is 42.5 Å². The number of amides is 1. The van der Waals surface area contributed by atoms with Crippen molar-refractivity contribution >= 4 is 11.6 Å². The summed E-state index contributed by atoms with van der Waals surface area (Å²) < 4.78 is 0. The molecule has 2 fully saturated rings. The molecule has 3 aliphatic rings. The maximum atomic E-state index is 12.6. The Bertz CT molecular complexity index is 580. The maximum absolute atomic E-state index is 12.6. The van der Waals surface area contributed by atoms with E-state index in [1.165, 1.54) is 11.3 Å². The van der Waals surface area contributed by atoms with Crippen molar-refractivity contribution in [2.24, 2.45) is 0 Å².